The van der Waals surface area contributed by atoms with Gasteiger partial charge in [-0.25, -0.2) is 0 Å². The Bertz CT molecular complexity index is 1040. The molecule has 2 N–H and O–H groups in total. The summed E-state index contributed by atoms with van der Waals surface area (Å²) in [5, 5.41) is 7.58. The predicted molar refractivity (Wildman–Crippen MR) is 130 cm³/mol. The minimum Gasteiger partial charge on any atom is -0.497 e. The molecule has 2 aromatic carbocycles. The minimum atomic E-state index is -0.0463. The van der Waals surface area contributed by atoms with Gasteiger partial charge in [-0.15, -0.1) is 11.3 Å². The van der Waals surface area contributed by atoms with Gasteiger partial charge in [-0.05, 0) is 73.2 Å². The van der Waals surface area contributed by atoms with Crippen molar-refractivity contribution >= 4 is 33.6 Å². The quantitative estimate of drug-likeness (QED) is 0.510. The smallest absolute Gasteiger partial charge is 0.258 e. The molecule has 1 aliphatic rings. The van der Waals surface area contributed by atoms with Gasteiger partial charge < -0.3 is 20.3 Å². The number of ether oxygens (including phenoxy) is 1. The van der Waals surface area contributed by atoms with Crippen LogP contribution in [-0.2, 0) is 19.4 Å². The van der Waals surface area contributed by atoms with Gasteiger partial charge in [-0.2, -0.15) is 0 Å². The van der Waals surface area contributed by atoms with E-state index in [0.717, 1.165) is 41.3 Å². The molecule has 6 heteroatoms. The lowest BCUT2D eigenvalue weighted by molar-refractivity contribution is 0.102. The van der Waals surface area contributed by atoms with Crippen molar-refractivity contribution in [3.8, 4) is 5.75 Å². The Morgan fingerprint density at radius 1 is 1.03 bits per heavy atom. The van der Waals surface area contributed by atoms with Crippen LogP contribution in [0.1, 0.15) is 39.2 Å². The van der Waals surface area contributed by atoms with Crippen LogP contribution in [0, 0.1) is 0 Å². The van der Waals surface area contributed by atoms with E-state index in [4.69, 9.17) is 4.74 Å². The lowest BCUT2D eigenvalue weighted by Gasteiger charge is -2.14. The fourth-order valence-electron chi connectivity index (χ4n) is 3.89. The predicted octanol–water partition coefficient (Wildman–Crippen LogP) is 5.57. The van der Waals surface area contributed by atoms with E-state index in [1.165, 1.54) is 28.1 Å². The van der Waals surface area contributed by atoms with E-state index >= 15 is 0 Å². The van der Waals surface area contributed by atoms with Crippen LogP contribution in [0.15, 0.2) is 48.5 Å². The van der Waals surface area contributed by atoms with E-state index in [0.29, 0.717) is 6.54 Å². The van der Waals surface area contributed by atoms with E-state index < -0.39 is 0 Å². The first-order chi connectivity index (χ1) is 15.0. The van der Waals surface area contributed by atoms with E-state index in [-0.39, 0.29) is 5.91 Å². The van der Waals surface area contributed by atoms with Crippen molar-refractivity contribution in [2.45, 2.75) is 32.2 Å². The van der Waals surface area contributed by atoms with Gasteiger partial charge in [-0.3, -0.25) is 4.79 Å². The highest BCUT2D eigenvalue weighted by Gasteiger charge is 2.25. The Morgan fingerprint density at radius 2 is 1.74 bits per heavy atom. The maximum absolute atomic E-state index is 13.3. The van der Waals surface area contributed by atoms with Crippen LogP contribution < -0.4 is 20.3 Å². The molecule has 0 radical (unpaired) electrons. The van der Waals surface area contributed by atoms with Crippen molar-refractivity contribution in [3.63, 3.8) is 0 Å². The van der Waals surface area contributed by atoms with Gasteiger partial charge in [0, 0.05) is 36.9 Å². The molecule has 1 amide bonds. The fourth-order valence-corrected chi connectivity index (χ4v) is 5.18. The molecule has 1 heterocycles. The summed E-state index contributed by atoms with van der Waals surface area (Å²) >= 11 is 1.73. The molecule has 0 unspecified atom stereocenters. The van der Waals surface area contributed by atoms with Crippen LogP contribution in [0.4, 0.5) is 16.4 Å². The first-order valence-electron chi connectivity index (χ1n) is 10.6. The highest BCUT2D eigenvalue weighted by molar-refractivity contribution is 7.16. The molecule has 1 aliphatic carbocycles. The number of nitrogens with one attached hydrogen (secondary N) is 2. The molecule has 0 aliphatic heterocycles. The number of carbonyl (C=O) groups excluding carboxylic acids is 1. The van der Waals surface area contributed by atoms with Crippen LogP contribution in [-0.4, -0.2) is 27.1 Å². The van der Waals surface area contributed by atoms with E-state index in [1.54, 1.807) is 18.4 Å². The summed E-state index contributed by atoms with van der Waals surface area (Å²) in [5.74, 6) is 0.726. The number of carbonyl (C=O) groups is 1. The summed E-state index contributed by atoms with van der Waals surface area (Å²) in [7, 11) is 5.71. The van der Waals surface area contributed by atoms with Crippen molar-refractivity contribution in [1.82, 2.24) is 0 Å². The second kappa shape index (κ2) is 9.43. The number of thiophene rings is 1. The molecular weight excluding hydrogens is 406 g/mol. The number of methoxy groups -OCH3 is 1. The van der Waals surface area contributed by atoms with Crippen molar-refractivity contribution in [3.05, 3.63) is 70.1 Å². The number of fused-ring (bicyclic) bond motifs is 1. The maximum Gasteiger partial charge on any atom is 0.258 e. The maximum atomic E-state index is 13.3. The third kappa shape index (κ3) is 4.85. The summed E-state index contributed by atoms with van der Waals surface area (Å²) in [4.78, 5) is 16.7. The fraction of sp³-hybridized carbons (Fsp3) is 0.320. The Labute approximate surface area is 188 Å². The first-order valence-corrected chi connectivity index (χ1v) is 11.5. The second-order valence-corrected chi connectivity index (χ2v) is 9.12. The van der Waals surface area contributed by atoms with Crippen LogP contribution >= 0.6 is 11.3 Å². The largest absolute Gasteiger partial charge is 0.497 e. The van der Waals surface area contributed by atoms with Gasteiger partial charge in [-0.1, -0.05) is 12.1 Å². The summed E-state index contributed by atoms with van der Waals surface area (Å²) < 4.78 is 5.21. The summed E-state index contributed by atoms with van der Waals surface area (Å²) in [6, 6.07) is 16.0. The summed E-state index contributed by atoms with van der Waals surface area (Å²) in [6.45, 7) is 0.690. The molecule has 0 atom stereocenters. The summed E-state index contributed by atoms with van der Waals surface area (Å²) in [5.41, 5.74) is 5.16. The zero-order valence-corrected chi connectivity index (χ0v) is 19.1. The van der Waals surface area contributed by atoms with E-state index in [1.807, 2.05) is 38.4 Å². The summed E-state index contributed by atoms with van der Waals surface area (Å²) in [6.07, 6.45) is 4.36. The van der Waals surface area contributed by atoms with Gasteiger partial charge in [0.25, 0.3) is 5.91 Å². The van der Waals surface area contributed by atoms with Gasteiger partial charge in [0.1, 0.15) is 10.8 Å². The average Bonchev–Trinajstić information content (AvgIpc) is 3.17. The molecule has 1 aromatic heterocycles. The van der Waals surface area contributed by atoms with Crippen molar-refractivity contribution in [2.24, 2.45) is 0 Å². The second-order valence-electron chi connectivity index (χ2n) is 8.01. The van der Waals surface area contributed by atoms with E-state index in [9.17, 15) is 4.79 Å². The van der Waals surface area contributed by atoms with Crippen LogP contribution in [0.5, 0.6) is 5.75 Å². The van der Waals surface area contributed by atoms with Gasteiger partial charge >= 0.3 is 0 Å². The highest BCUT2D eigenvalue weighted by Crippen LogP contribution is 2.39. The van der Waals surface area contributed by atoms with Crippen LogP contribution in [0.3, 0.4) is 0 Å². The Kier molecular flexibility index (Phi) is 6.47. The number of aryl methyl sites for hydroxylation is 1. The third-order valence-electron chi connectivity index (χ3n) is 5.65. The molecule has 4 rings (SSSR count). The lowest BCUT2D eigenvalue weighted by atomic mass is 9.95. The van der Waals surface area contributed by atoms with Crippen molar-refractivity contribution in [2.75, 3.05) is 36.7 Å². The zero-order valence-electron chi connectivity index (χ0n) is 18.3. The van der Waals surface area contributed by atoms with Crippen molar-refractivity contribution < 1.29 is 9.53 Å². The third-order valence-corrected chi connectivity index (χ3v) is 6.90. The number of benzene rings is 2. The Hall–Kier alpha value is -2.99. The molecule has 0 spiro atoms. The lowest BCUT2D eigenvalue weighted by Crippen LogP contribution is -2.16. The number of hydrogen-bond acceptors (Lipinski definition) is 5. The number of hydrogen-bond donors (Lipinski definition) is 2. The first kappa shape index (κ1) is 21.2. The molecule has 162 valence electrons. The van der Waals surface area contributed by atoms with Gasteiger partial charge in [0.05, 0.1) is 12.7 Å². The standard InChI is InChI=1S/C25H29N3O2S/c1-28(2)19-12-8-17(9-13-19)16-26-25-23(21-6-4-5-7-22(21)31-25)24(29)27-18-10-14-20(30-3)15-11-18/h8-15,26H,4-7,16H2,1-3H3,(H,27,29). The number of rotatable bonds is 7. The zero-order chi connectivity index (χ0) is 21.8. The molecule has 31 heavy (non-hydrogen) atoms. The van der Waals surface area contributed by atoms with Gasteiger partial charge in [0.15, 0.2) is 0 Å². The average molecular weight is 436 g/mol. The SMILES string of the molecule is COc1ccc(NC(=O)c2c(NCc3ccc(N(C)C)cc3)sc3c2CCCC3)cc1. The normalized spacial score (nSPS) is 12.7. The van der Waals surface area contributed by atoms with Crippen molar-refractivity contribution in [1.29, 1.82) is 0 Å². The molecule has 0 bridgehead atoms. The topological polar surface area (TPSA) is 53.6 Å². The molecule has 5 nitrogen and oxygen atoms in total. The Morgan fingerprint density at radius 3 is 2.42 bits per heavy atom. The molecular formula is C25H29N3O2S. The molecule has 3 aromatic rings. The molecule has 0 saturated heterocycles. The number of amides is 1. The molecule has 0 saturated carbocycles. The highest BCUT2D eigenvalue weighted by atomic mass is 32.1. The van der Waals surface area contributed by atoms with Gasteiger partial charge in [0.2, 0.25) is 0 Å². The number of anilines is 3. The monoisotopic (exact) mass is 435 g/mol. The number of nitrogens with zero attached hydrogens (tertiary/aromatic N) is 1. The Balaban J connectivity index is 1.54. The van der Waals surface area contributed by atoms with E-state index in [2.05, 4.69) is 39.8 Å². The molecule has 0 fully saturated rings. The van der Waals surface area contributed by atoms with Crippen LogP contribution in [0.2, 0.25) is 0 Å². The van der Waals surface area contributed by atoms with Crippen LogP contribution in [0.25, 0.3) is 0 Å². The minimum absolute atomic E-state index is 0.0463.